The third-order valence-corrected chi connectivity index (χ3v) is 6.77. The molecular formula is C25H27N9O3. The fourth-order valence-corrected chi connectivity index (χ4v) is 4.94. The number of hydrogen-bond donors (Lipinski definition) is 2. The molecule has 0 aromatic carbocycles. The van der Waals surface area contributed by atoms with E-state index in [1.807, 2.05) is 19.3 Å². The second kappa shape index (κ2) is 9.37. The Kier molecular flexibility index (Phi) is 5.89. The number of pyridine rings is 2. The Morgan fingerprint density at radius 1 is 1.08 bits per heavy atom. The van der Waals surface area contributed by atoms with Crippen molar-refractivity contribution in [3.05, 3.63) is 54.4 Å². The van der Waals surface area contributed by atoms with Crippen LogP contribution < -0.4 is 10.6 Å². The Balaban J connectivity index is 1.14. The van der Waals surface area contributed by atoms with Gasteiger partial charge in [0.1, 0.15) is 0 Å². The van der Waals surface area contributed by atoms with Crippen LogP contribution in [0.2, 0.25) is 0 Å². The summed E-state index contributed by atoms with van der Waals surface area (Å²) in [6, 6.07) is 5.40. The first-order chi connectivity index (χ1) is 17.9. The fraction of sp³-hybridized carbons (Fsp3) is 0.360. The Morgan fingerprint density at radius 3 is 2.65 bits per heavy atom. The smallest absolute Gasteiger partial charge is 0.278 e. The van der Waals surface area contributed by atoms with Crippen molar-refractivity contribution in [2.75, 3.05) is 30.3 Å². The van der Waals surface area contributed by atoms with Crippen LogP contribution in [-0.4, -0.2) is 78.1 Å². The Hall–Kier alpha value is -4.16. The number of rotatable bonds is 6. The number of amides is 2. The second-order valence-corrected chi connectivity index (χ2v) is 9.60. The summed E-state index contributed by atoms with van der Waals surface area (Å²) < 4.78 is 9.13. The van der Waals surface area contributed by atoms with E-state index in [2.05, 4.69) is 35.9 Å². The largest absolute Gasteiger partial charge is 0.372 e. The summed E-state index contributed by atoms with van der Waals surface area (Å²) in [4.78, 5) is 32.2. The number of aromatic nitrogens is 6. The first kappa shape index (κ1) is 23.3. The molecule has 2 amide bonds. The van der Waals surface area contributed by atoms with Crippen LogP contribution >= 0.6 is 0 Å². The molecule has 6 heterocycles. The highest BCUT2D eigenvalue weighted by Gasteiger charge is 2.34. The zero-order valence-corrected chi connectivity index (χ0v) is 20.6. The lowest BCUT2D eigenvalue weighted by molar-refractivity contribution is -0.119. The Labute approximate surface area is 212 Å². The van der Waals surface area contributed by atoms with Crippen molar-refractivity contribution in [3.8, 4) is 11.1 Å². The molecular weight excluding hydrogens is 474 g/mol. The van der Waals surface area contributed by atoms with Crippen molar-refractivity contribution in [3.63, 3.8) is 0 Å². The molecule has 12 nitrogen and oxygen atoms in total. The third-order valence-electron chi connectivity index (χ3n) is 6.77. The second-order valence-electron chi connectivity index (χ2n) is 9.60. The van der Waals surface area contributed by atoms with E-state index in [9.17, 15) is 9.59 Å². The van der Waals surface area contributed by atoms with Gasteiger partial charge < -0.3 is 15.4 Å². The van der Waals surface area contributed by atoms with Gasteiger partial charge in [0.05, 0.1) is 53.7 Å². The number of nitrogens with one attached hydrogen (secondary N) is 2. The van der Waals surface area contributed by atoms with E-state index in [1.165, 1.54) is 0 Å². The van der Waals surface area contributed by atoms with Crippen LogP contribution in [0.4, 0.5) is 11.4 Å². The van der Waals surface area contributed by atoms with Gasteiger partial charge in [-0.2, -0.15) is 5.10 Å². The maximum atomic E-state index is 13.1. The van der Waals surface area contributed by atoms with Crippen LogP contribution in [0.1, 0.15) is 29.0 Å². The molecule has 0 radical (unpaired) electrons. The number of aryl methyl sites for hydroxylation is 2. The van der Waals surface area contributed by atoms with Crippen molar-refractivity contribution >= 4 is 28.7 Å². The summed E-state index contributed by atoms with van der Waals surface area (Å²) >= 11 is 0. The van der Waals surface area contributed by atoms with E-state index in [1.54, 1.807) is 46.8 Å². The summed E-state index contributed by atoms with van der Waals surface area (Å²) in [6.45, 7) is 3.62. The number of likely N-dealkylation sites (tertiary alicyclic amines) is 1. The van der Waals surface area contributed by atoms with Crippen molar-refractivity contribution in [1.29, 1.82) is 0 Å². The van der Waals surface area contributed by atoms with Gasteiger partial charge in [0, 0.05) is 43.7 Å². The summed E-state index contributed by atoms with van der Waals surface area (Å²) in [5.41, 5.74) is 4.22. The monoisotopic (exact) mass is 501 g/mol. The van der Waals surface area contributed by atoms with E-state index in [0.29, 0.717) is 29.1 Å². The molecule has 4 aromatic heterocycles. The van der Waals surface area contributed by atoms with E-state index in [0.717, 1.165) is 37.1 Å². The number of nitrogens with zero attached hydrogens (tertiary/aromatic N) is 7. The molecule has 12 heteroatoms. The number of morpholine rings is 1. The number of fused-ring (bicyclic) bond motifs is 3. The van der Waals surface area contributed by atoms with Crippen LogP contribution in [0, 0.1) is 6.92 Å². The molecule has 0 spiro atoms. The quantitative estimate of drug-likeness (QED) is 0.409. The van der Waals surface area contributed by atoms with Crippen molar-refractivity contribution in [2.24, 2.45) is 7.05 Å². The number of carbonyl (C=O) groups is 2. The van der Waals surface area contributed by atoms with Gasteiger partial charge >= 0.3 is 0 Å². The molecule has 2 aliphatic heterocycles. The number of anilines is 2. The molecule has 37 heavy (non-hydrogen) atoms. The summed E-state index contributed by atoms with van der Waals surface area (Å²) in [5, 5.41) is 18.2. The molecule has 2 bridgehead atoms. The molecule has 2 unspecified atom stereocenters. The molecule has 0 aliphatic carbocycles. The van der Waals surface area contributed by atoms with Crippen LogP contribution in [0.25, 0.3) is 16.6 Å². The van der Waals surface area contributed by atoms with Crippen LogP contribution in [0.15, 0.2) is 43.0 Å². The van der Waals surface area contributed by atoms with Crippen molar-refractivity contribution in [1.82, 2.24) is 34.5 Å². The zero-order chi connectivity index (χ0) is 25.5. The van der Waals surface area contributed by atoms with Gasteiger partial charge in [0.25, 0.3) is 5.91 Å². The van der Waals surface area contributed by atoms with Gasteiger partial charge in [0.15, 0.2) is 5.69 Å². The zero-order valence-electron chi connectivity index (χ0n) is 20.6. The average molecular weight is 502 g/mol. The highest BCUT2D eigenvalue weighted by Crippen LogP contribution is 2.26. The van der Waals surface area contributed by atoms with Crippen molar-refractivity contribution in [2.45, 2.75) is 32.0 Å². The molecule has 2 saturated heterocycles. The highest BCUT2D eigenvalue weighted by atomic mass is 16.5. The summed E-state index contributed by atoms with van der Waals surface area (Å²) in [6.07, 6.45) is 9.62. The predicted octanol–water partition coefficient (Wildman–Crippen LogP) is 1.89. The van der Waals surface area contributed by atoms with E-state index >= 15 is 0 Å². The van der Waals surface area contributed by atoms with Crippen molar-refractivity contribution < 1.29 is 14.3 Å². The molecule has 6 rings (SSSR count). The first-order valence-electron chi connectivity index (χ1n) is 12.2. The number of hydrogen-bond acceptors (Lipinski definition) is 8. The van der Waals surface area contributed by atoms with Gasteiger partial charge in [-0.25, -0.2) is 4.52 Å². The van der Waals surface area contributed by atoms with Gasteiger partial charge in [-0.1, -0.05) is 11.3 Å². The summed E-state index contributed by atoms with van der Waals surface area (Å²) in [7, 11) is 1.85. The minimum atomic E-state index is -0.415. The van der Waals surface area contributed by atoms with Gasteiger partial charge in [-0.05, 0) is 31.9 Å². The normalized spacial score (nSPS) is 19.3. The minimum absolute atomic E-state index is 0.127. The standard InChI is InChI=1S/C25H27N9O3/c1-15-21(7-18(9-26-15)28-23(35)14-33-12-19-4-5-20(13-33)37-19)29-25(36)24-22-6-3-16(11-34(22)31-30-24)17-8-27-32(2)10-17/h3,6-11,19-20H,4-5,12-14H2,1-2H3,(H,28,35)(H,29,36). The maximum Gasteiger partial charge on any atom is 0.278 e. The minimum Gasteiger partial charge on any atom is -0.372 e. The van der Waals surface area contributed by atoms with Crippen LogP contribution in [0.5, 0.6) is 0 Å². The summed E-state index contributed by atoms with van der Waals surface area (Å²) in [5.74, 6) is -0.542. The van der Waals surface area contributed by atoms with E-state index in [-0.39, 0.29) is 23.8 Å². The molecule has 2 fully saturated rings. The number of carbonyl (C=O) groups excluding carboxylic acids is 2. The fourth-order valence-electron chi connectivity index (χ4n) is 4.94. The molecule has 2 N–H and O–H groups in total. The third kappa shape index (κ3) is 4.80. The first-order valence-corrected chi connectivity index (χ1v) is 12.2. The lowest BCUT2D eigenvalue weighted by atomic mass is 10.1. The average Bonchev–Trinajstić information content (AvgIpc) is 3.58. The van der Waals surface area contributed by atoms with Crippen LogP contribution in [0.3, 0.4) is 0 Å². The Morgan fingerprint density at radius 2 is 1.89 bits per heavy atom. The molecule has 4 aromatic rings. The molecule has 190 valence electrons. The van der Waals surface area contributed by atoms with Gasteiger partial charge in [-0.3, -0.25) is 24.2 Å². The predicted molar refractivity (Wildman–Crippen MR) is 135 cm³/mol. The van der Waals surface area contributed by atoms with E-state index < -0.39 is 5.91 Å². The lowest BCUT2D eigenvalue weighted by Gasteiger charge is -2.31. The molecule has 2 atom stereocenters. The SMILES string of the molecule is Cc1ncc(NC(=O)CN2CC3CCC(C2)O3)cc1NC(=O)c1nnn2cc(-c3cnn(C)c3)ccc12. The molecule has 2 aliphatic rings. The highest BCUT2D eigenvalue weighted by molar-refractivity contribution is 6.08. The van der Waals surface area contributed by atoms with Crippen LogP contribution in [-0.2, 0) is 16.6 Å². The van der Waals surface area contributed by atoms with E-state index in [4.69, 9.17) is 4.74 Å². The van der Waals surface area contributed by atoms with Gasteiger partial charge in [0.2, 0.25) is 5.91 Å². The number of ether oxygens (including phenoxy) is 1. The lowest BCUT2D eigenvalue weighted by Crippen LogP contribution is -2.45. The van der Waals surface area contributed by atoms with Gasteiger partial charge in [-0.15, -0.1) is 5.10 Å². The Bertz CT molecular complexity index is 1480. The maximum absolute atomic E-state index is 13.1. The molecule has 0 saturated carbocycles. The topological polar surface area (TPSA) is 132 Å².